The van der Waals surface area contributed by atoms with Crippen LogP contribution in [0.1, 0.15) is 10.4 Å². The fraction of sp³-hybridized carbons (Fsp3) is 0. The van der Waals surface area contributed by atoms with E-state index in [1.165, 1.54) is 24.4 Å². The molecule has 0 amide bonds. The number of aromatic nitrogens is 2. The van der Waals surface area contributed by atoms with Crippen molar-refractivity contribution in [1.82, 2.24) is 9.94 Å². The molecular formula is C8H6N2O3. The minimum Gasteiger partial charge on any atom is -0.478 e. The number of carboxylic acid groups (broad SMARTS) is 1. The Morgan fingerprint density at radius 3 is 2.92 bits per heavy atom. The van der Waals surface area contributed by atoms with Crippen molar-refractivity contribution in [2.24, 2.45) is 0 Å². The maximum Gasteiger partial charge on any atom is 0.335 e. The van der Waals surface area contributed by atoms with E-state index in [4.69, 9.17) is 10.3 Å². The molecular weight excluding hydrogens is 172 g/mol. The summed E-state index contributed by atoms with van der Waals surface area (Å²) >= 11 is 0. The molecule has 2 N–H and O–H groups in total. The maximum absolute atomic E-state index is 10.6. The van der Waals surface area contributed by atoms with Gasteiger partial charge in [-0.05, 0) is 18.2 Å². The lowest BCUT2D eigenvalue weighted by Gasteiger charge is -1.94. The molecule has 2 rings (SSSR count). The van der Waals surface area contributed by atoms with Crippen LogP contribution in [0.3, 0.4) is 0 Å². The molecule has 1 aromatic carbocycles. The van der Waals surface area contributed by atoms with Crippen molar-refractivity contribution < 1.29 is 15.1 Å². The normalized spacial score (nSPS) is 10.5. The van der Waals surface area contributed by atoms with Crippen LogP contribution in [0.4, 0.5) is 0 Å². The zero-order valence-electron chi connectivity index (χ0n) is 6.51. The lowest BCUT2D eigenvalue weighted by molar-refractivity contribution is 0.0697. The molecule has 0 spiro atoms. The molecule has 0 aliphatic rings. The van der Waals surface area contributed by atoms with E-state index in [9.17, 15) is 4.79 Å². The van der Waals surface area contributed by atoms with Crippen molar-refractivity contribution in [2.75, 3.05) is 0 Å². The second-order valence-electron chi connectivity index (χ2n) is 2.61. The van der Waals surface area contributed by atoms with Gasteiger partial charge in [-0.25, -0.2) is 4.79 Å². The molecule has 1 aromatic heterocycles. The average molecular weight is 178 g/mol. The smallest absolute Gasteiger partial charge is 0.335 e. The fourth-order valence-electron chi connectivity index (χ4n) is 1.15. The van der Waals surface area contributed by atoms with E-state index < -0.39 is 5.97 Å². The van der Waals surface area contributed by atoms with Crippen molar-refractivity contribution >= 4 is 16.9 Å². The van der Waals surface area contributed by atoms with Gasteiger partial charge in [0.25, 0.3) is 0 Å². The van der Waals surface area contributed by atoms with Crippen molar-refractivity contribution in [2.45, 2.75) is 0 Å². The number of fused-ring (bicyclic) bond motifs is 1. The van der Waals surface area contributed by atoms with E-state index in [2.05, 4.69) is 5.10 Å². The van der Waals surface area contributed by atoms with E-state index in [1.54, 1.807) is 0 Å². The Labute approximate surface area is 72.8 Å². The first-order valence-corrected chi connectivity index (χ1v) is 3.59. The molecule has 0 aliphatic carbocycles. The monoisotopic (exact) mass is 178 g/mol. The van der Waals surface area contributed by atoms with E-state index >= 15 is 0 Å². The van der Waals surface area contributed by atoms with Crippen LogP contribution in [0, 0.1) is 0 Å². The van der Waals surface area contributed by atoms with Gasteiger partial charge in [0.15, 0.2) is 0 Å². The minimum atomic E-state index is -0.993. The molecule has 0 atom stereocenters. The van der Waals surface area contributed by atoms with Crippen LogP contribution < -0.4 is 0 Å². The van der Waals surface area contributed by atoms with Crippen LogP contribution in [0.15, 0.2) is 24.4 Å². The van der Waals surface area contributed by atoms with Gasteiger partial charge in [-0.2, -0.15) is 0 Å². The van der Waals surface area contributed by atoms with Crippen LogP contribution in [0.2, 0.25) is 0 Å². The van der Waals surface area contributed by atoms with Gasteiger partial charge in [-0.3, -0.25) is 0 Å². The van der Waals surface area contributed by atoms with Crippen molar-refractivity contribution in [1.29, 1.82) is 0 Å². The lowest BCUT2D eigenvalue weighted by Crippen LogP contribution is -1.96. The second-order valence-corrected chi connectivity index (χ2v) is 2.61. The quantitative estimate of drug-likeness (QED) is 0.638. The standard InChI is InChI=1S/C8H6N2O3/c11-8(12)5-1-2-7-6(3-5)4-9-10(7)13/h1-4,13H,(H,11,12). The summed E-state index contributed by atoms with van der Waals surface area (Å²) < 4.78 is 0. The van der Waals surface area contributed by atoms with Gasteiger partial charge >= 0.3 is 5.97 Å². The topological polar surface area (TPSA) is 75.3 Å². The number of carboxylic acids is 1. The summed E-state index contributed by atoms with van der Waals surface area (Å²) in [6.45, 7) is 0. The van der Waals surface area contributed by atoms with Crippen LogP contribution in [-0.2, 0) is 0 Å². The summed E-state index contributed by atoms with van der Waals surface area (Å²) in [5.41, 5.74) is 0.672. The molecule has 0 saturated carbocycles. The molecule has 5 nitrogen and oxygen atoms in total. The molecule has 1 heterocycles. The SMILES string of the molecule is O=C(O)c1ccc2c(cnn2O)c1. The van der Waals surface area contributed by atoms with Crippen LogP contribution >= 0.6 is 0 Å². The molecule has 0 radical (unpaired) electrons. The Morgan fingerprint density at radius 2 is 2.23 bits per heavy atom. The number of carbonyl (C=O) groups is 1. The molecule has 5 heteroatoms. The Morgan fingerprint density at radius 1 is 1.46 bits per heavy atom. The van der Waals surface area contributed by atoms with Gasteiger partial charge in [0, 0.05) is 5.39 Å². The third kappa shape index (κ3) is 1.10. The summed E-state index contributed by atoms with van der Waals surface area (Å²) in [6.07, 6.45) is 1.40. The number of nitrogens with zero attached hydrogens (tertiary/aromatic N) is 2. The number of benzene rings is 1. The summed E-state index contributed by atoms with van der Waals surface area (Å²) in [5.74, 6) is -0.993. The average Bonchev–Trinajstić information content (AvgIpc) is 2.47. The molecule has 0 aliphatic heterocycles. The predicted octanol–water partition coefficient (Wildman–Crippen LogP) is 0.972. The number of hydrogen-bond donors (Lipinski definition) is 2. The van der Waals surface area contributed by atoms with Gasteiger partial charge in [-0.15, -0.1) is 9.94 Å². The van der Waals surface area contributed by atoms with Crippen LogP contribution in [0.25, 0.3) is 10.9 Å². The van der Waals surface area contributed by atoms with E-state index in [0.717, 1.165) is 0 Å². The first kappa shape index (κ1) is 7.60. The second kappa shape index (κ2) is 2.48. The molecule has 0 fully saturated rings. The van der Waals surface area contributed by atoms with Crippen molar-refractivity contribution in [3.63, 3.8) is 0 Å². The summed E-state index contributed by atoms with van der Waals surface area (Å²) in [5, 5.41) is 21.9. The van der Waals surface area contributed by atoms with E-state index in [1.807, 2.05) is 0 Å². The summed E-state index contributed by atoms with van der Waals surface area (Å²) in [4.78, 5) is 11.3. The number of hydrogen-bond acceptors (Lipinski definition) is 3. The first-order valence-electron chi connectivity index (χ1n) is 3.59. The molecule has 0 bridgehead atoms. The summed E-state index contributed by atoms with van der Waals surface area (Å²) in [7, 11) is 0. The maximum atomic E-state index is 10.6. The summed E-state index contributed by atoms with van der Waals surface area (Å²) in [6, 6.07) is 4.38. The van der Waals surface area contributed by atoms with Gasteiger partial charge < -0.3 is 10.3 Å². The first-order chi connectivity index (χ1) is 6.18. The zero-order valence-corrected chi connectivity index (χ0v) is 6.51. The molecule has 0 unspecified atom stereocenters. The van der Waals surface area contributed by atoms with Crippen LogP contribution in [-0.4, -0.2) is 26.2 Å². The Hall–Kier alpha value is -2.04. The molecule has 2 aromatic rings. The Balaban J connectivity index is 2.70. The highest BCUT2D eigenvalue weighted by Crippen LogP contribution is 2.14. The highest BCUT2D eigenvalue weighted by Gasteiger charge is 2.06. The molecule has 0 saturated heterocycles. The zero-order chi connectivity index (χ0) is 9.42. The van der Waals surface area contributed by atoms with Gasteiger partial charge in [0.2, 0.25) is 0 Å². The van der Waals surface area contributed by atoms with Gasteiger partial charge in [0.05, 0.1) is 11.8 Å². The lowest BCUT2D eigenvalue weighted by atomic mass is 10.2. The highest BCUT2D eigenvalue weighted by atomic mass is 16.5. The highest BCUT2D eigenvalue weighted by molar-refractivity contribution is 5.93. The molecule has 66 valence electrons. The van der Waals surface area contributed by atoms with Gasteiger partial charge in [-0.1, -0.05) is 0 Å². The van der Waals surface area contributed by atoms with Crippen LogP contribution in [0.5, 0.6) is 0 Å². The van der Waals surface area contributed by atoms with Gasteiger partial charge in [0.1, 0.15) is 5.52 Å². The van der Waals surface area contributed by atoms with Crippen molar-refractivity contribution in [3.05, 3.63) is 30.0 Å². The van der Waals surface area contributed by atoms with E-state index in [-0.39, 0.29) is 5.56 Å². The third-order valence-corrected chi connectivity index (χ3v) is 1.80. The van der Waals surface area contributed by atoms with Crippen molar-refractivity contribution in [3.8, 4) is 0 Å². The fourth-order valence-corrected chi connectivity index (χ4v) is 1.15. The van der Waals surface area contributed by atoms with E-state index in [0.29, 0.717) is 15.7 Å². The minimum absolute atomic E-state index is 0.181. The predicted molar refractivity (Wildman–Crippen MR) is 43.9 cm³/mol. The number of aromatic carboxylic acids is 1. The third-order valence-electron chi connectivity index (χ3n) is 1.80. The largest absolute Gasteiger partial charge is 0.478 e. The Kier molecular flexibility index (Phi) is 1.45. The number of rotatable bonds is 1. The molecule has 13 heavy (non-hydrogen) atoms. The Bertz CT molecular complexity index is 475.